The van der Waals surface area contributed by atoms with Gasteiger partial charge in [-0.05, 0) is 30.5 Å². The number of hydrogen-bond donors (Lipinski definition) is 1. The van der Waals surface area contributed by atoms with Gasteiger partial charge in [0.1, 0.15) is 12.3 Å². The molecule has 6 nitrogen and oxygen atoms in total. The second kappa shape index (κ2) is 8.41. The molecule has 1 saturated heterocycles. The number of aryl methyl sites for hydroxylation is 1. The Morgan fingerprint density at radius 1 is 1.43 bits per heavy atom. The maximum Gasteiger partial charge on any atom is 0.317 e. The Labute approximate surface area is 137 Å². The molecule has 0 saturated carbocycles. The highest BCUT2D eigenvalue weighted by Gasteiger charge is 2.23. The molecule has 0 spiro atoms. The lowest BCUT2D eigenvalue weighted by molar-refractivity contribution is -0.130. The Morgan fingerprint density at radius 2 is 2.26 bits per heavy atom. The molecule has 0 radical (unpaired) electrons. The van der Waals surface area contributed by atoms with E-state index in [4.69, 9.17) is 4.74 Å². The molecule has 1 aromatic rings. The van der Waals surface area contributed by atoms with Crippen molar-refractivity contribution in [2.75, 3.05) is 39.8 Å². The Hall–Kier alpha value is -2.24. The zero-order valence-corrected chi connectivity index (χ0v) is 13.9. The molecule has 1 N–H and O–H groups in total. The lowest BCUT2D eigenvalue weighted by Crippen LogP contribution is -2.40. The summed E-state index contributed by atoms with van der Waals surface area (Å²) in [6, 6.07) is 7.89. The van der Waals surface area contributed by atoms with Crippen LogP contribution in [0.15, 0.2) is 24.3 Å². The highest BCUT2D eigenvalue weighted by molar-refractivity contribution is 5.84. The molecule has 0 unspecified atom stereocenters. The molecule has 0 aliphatic carbocycles. The predicted octanol–water partition coefficient (Wildman–Crippen LogP) is 1.50. The van der Waals surface area contributed by atoms with Crippen molar-refractivity contribution in [2.24, 2.45) is 0 Å². The van der Waals surface area contributed by atoms with Crippen LogP contribution in [0.3, 0.4) is 0 Å². The maximum atomic E-state index is 12.1. The molecule has 1 heterocycles. The fourth-order valence-corrected chi connectivity index (χ4v) is 2.42. The first-order chi connectivity index (χ1) is 11.1. The number of carbonyl (C=O) groups excluding carboxylic acids is 2. The summed E-state index contributed by atoms with van der Waals surface area (Å²) in [4.78, 5) is 26.7. The number of ether oxygens (including phenoxy) is 1. The number of urea groups is 1. The van der Waals surface area contributed by atoms with Crippen molar-refractivity contribution in [1.82, 2.24) is 15.1 Å². The van der Waals surface area contributed by atoms with Crippen molar-refractivity contribution < 1.29 is 14.3 Å². The summed E-state index contributed by atoms with van der Waals surface area (Å²) in [7, 11) is 1.76. The number of amides is 3. The van der Waals surface area contributed by atoms with Crippen molar-refractivity contribution in [3.63, 3.8) is 0 Å². The van der Waals surface area contributed by atoms with Crippen LogP contribution in [0.2, 0.25) is 0 Å². The number of nitrogens with zero attached hydrogens (tertiary/aromatic N) is 2. The van der Waals surface area contributed by atoms with Crippen LogP contribution in [0.1, 0.15) is 18.9 Å². The third-order valence-corrected chi connectivity index (χ3v) is 3.91. The van der Waals surface area contributed by atoms with Gasteiger partial charge in [-0.2, -0.15) is 0 Å². The monoisotopic (exact) mass is 319 g/mol. The zero-order chi connectivity index (χ0) is 16.7. The van der Waals surface area contributed by atoms with Gasteiger partial charge in [0.05, 0.1) is 6.61 Å². The van der Waals surface area contributed by atoms with Gasteiger partial charge in [0.25, 0.3) is 0 Å². The summed E-state index contributed by atoms with van der Waals surface area (Å²) in [6.45, 7) is 4.63. The average Bonchev–Trinajstić information content (AvgIpc) is 2.96. The van der Waals surface area contributed by atoms with Gasteiger partial charge in [-0.3, -0.25) is 4.79 Å². The summed E-state index contributed by atoms with van der Waals surface area (Å²) in [5.74, 6) is 0.821. The van der Waals surface area contributed by atoms with Crippen molar-refractivity contribution in [3.8, 4) is 5.75 Å². The molecule has 126 valence electrons. The van der Waals surface area contributed by atoms with Crippen molar-refractivity contribution in [1.29, 1.82) is 0 Å². The Kier molecular flexibility index (Phi) is 6.26. The quantitative estimate of drug-likeness (QED) is 0.739. The molecule has 0 atom stereocenters. The van der Waals surface area contributed by atoms with Crippen LogP contribution in [-0.4, -0.2) is 61.6 Å². The largest absolute Gasteiger partial charge is 0.494 e. The third-order valence-electron chi connectivity index (χ3n) is 3.91. The smallest absolute Gasteiger partial charge is 0.317 e. The highest BCUT2D eigenvalue weighted by atomic mass is 16.5. The number of carbonyl (C=O) groups is 2. The van der Waals surface area contributed by atoms with E-state index in [2.05, 4.69) is 18.3 Å². The fraction of sp³-hybridized carbons (Fsp3) is 0.529. The molecule has 1 aliphatic heterocycles. The lowest BCUT2D eigenvalue weighted by Gasteiger charge is -2.21. The first kappa shape index (κ1) is 17.1. The van der Waals surface area contributed by atoms with E-state index in [1.807, 2.05) is 18.2 Å². The van der Waals surface area contributed by atoms with E-state index in [1.54, 1.807) is 11.9 Å². The Balaban J connectivity index is 1.66. The van der Waals surface area contributed by atoms with Crippen LogP contribution in [0, 0.1) is 0 Å². The first-order valence-electron chi connectivity index (χ1n) is 8.08. The van der Waals surface area contributed by atoms with E-state index in [0.717, 1.165) is 18.6 Å². The predicted molar refractivity (Wildman–Crippen MR) is 88.5 cm³/mol. The second-order valence-corrected chi connectivity index (χ2v) is 5.67. The maximum absolute atomic E-state index is 12.1. The minimum Gasteiger partial charge on any atom is -0.494 e. The third kappa shape index (κ3) is 5.16. The Bertz CT molecular complexity index is 548. The molecule has 0 aromatic heterocycles. The van der Waals surface area contributed by atoms with Crippen molar-refractivity contribution >= 4 is 11.9 Å². The number of benzene rings is 1. The van der Waals surface area contributed by atoms with Crippen LogP contribution >= 0.6 is 0 Å². The van der Waals surface area contributed by atoms with Crippen LogP contribution < -0.4 is 10.1 Å². The molecular formula is C17H25N3O3. The topological polar surface area (TPSA) is 61.9 Å². The van der Waals surface area contributed by atoms with Gasteiger partial charge in [0.2, 0.25) is 5.91 Å². The summed E-state index contributed by atoms with van der Waals surface area (Å²) in [5.41, 5.74) is 1.25. The fourth-order valence-electron chi connectivity index (χ4n) is 2.42. The van der Waals surface area contributed by atoms with Gasteiger partial charge in [-0.15, -0.1) is 0 Å². The Morgan fingerprint density at radius 3 is 2.96 bits per heavy atom. The number of hydrogen-bond acceptors (Lipinski definition) is 3. The van der Waals surface area contributed by atoms with E-state index in [9.17, 15) is 9.59 Å². The molecule has 23 heavy (non-hydrogen) atoms. The molecular weight excluding hydrogens is 294 g/mol. The average molecular weight is 319 g/mol. The zero-order valence-electron chi connectivity index (χ0n) is 13.9. The molecule has 2 rings (SSSR count). The van der Waals surface area contributed by atoms with Gasteiger partial charge in [0, 0.05) is 26.7 Å². The van der Waals surface area contributed by atoms with Crippen LogP contribution in [0.4, 0.5) is 4.79 Å². The number of rotatable bonds is 8. The van der Waals surface area contributed by atoms with Crippen molar-refractivity contribution in [2.45, 2.75) is 19.8 Å². The summed E-state index contributed by atoms with van der Waals surface area (Å²) < 4.78 is 5.72. The first-order valence-corrected chi connectivity index (χ1v) is 8.08. The van der Waals surface area contributed by atoms with E-state index in [1.165, 1.54) is 10.5 Å². The van der Waals surface area contributed by atoms with E-state index >= 15 is 0 Å². The van der Waals surface area contributed by atoms with Crippen molar-refractivity contribution in [3.05, 3.63) is 29.8 Å². The summed E-state index contributed by atoms with van der Waals surface area (Å²) in [5, 5.41) is 2.69. The van der Waals surface area contributed by atoms with Gasteiger partial charge >= 0.3 is 6.03 Å². The van der Waals surface area contributed by atoms with E-state index in [-0.39, 0.29) is 18.5 Å². The highest BCUT2D eigenvalue weighted by Crippen LogP contribution is 2.13. The molecule has 6 heteroatoms. The van der Waals surface area contributed by atoms with Gasteiger partial charge in [0.15, 0.2) is 0 Å². The molecule has 1 aliphatic rings. The second-order valence-electron chi connectivity index (χ2n) is 5.67. The summed E-state index contributed by atoms with van der Waals surface area (Å²) >= 11 is 0. The molecule has 3 amide bonds. The normalized spacial score (nSPS) is 13.8. The minimum absolute atomic E-state index is 0.0463. The van der Waals surface area contributed by atoms with Crippen LogP contribution in [-0.2, 0) is 11.2 Å². The molecule has 0 bridgehead atoms. The van der Waals surface area contributed by atoms with Crippen LogP contribution in [0.5, 0.6) is 5.75 Å². The number of nitrogens with one attached hydrogen (secondary N) is 1. The minimum atomic E-state index is -0.161. The van der Waals surface area contributed by atoms with Gasteiger partial charge < -0.3 is 19.9 Å². The van der Waals surface area contributed by atoms with E-state index in [0.29, 0.717) is 26.2 Å². The van der Waals surface area contributed by atoms with Gasteiger partial charge in [-0.25, -0.2) is 4.79 Å². The van der Waals surface area contributed by atoms with E-state index < -0.39 is 0 Å². The SMILES string of the molecule is CCc1cccc(OCCCN(C)C(=O)CN2CCNC2=O)c1. The van der Waals surface area contributed by atoms with Gasteiger partial charge in [-0.1, -0.05) is 19.1 Å². The number of likely N-dealkylation sites (N-methyl/N-ethyl adjacent to an activating group) is 1. The molecule has 1 aromatic carbocycles. The standard InChI is InChI=1S/C17H25N3O3/c1-3-14-6-4-7-15(12-14)23-11-5-9-19(2)16(21)13-20-10-8-18-17(20)22/h4,6-7,12H,3,5,8-11,13H2,1-2H3,(H,18,22). The summed E-state index contributed by atoms with van der Waals surface area (Å²) in [6.07, 6.45) is 1.74. The van der Waals surface area contributed by atoms with Crippen LogP contribution in [0.25, 0.3) is 0 Å². The lowest BCUT2D eigenvalue weighted by atomic mass is 10.2. The molecule has 1 fully saturated rings.